The maximum absolute atomic E-state index is 5.32. The molecule has 9 heteroatoms. The van der Waals surface area contributed by atoms with Gasteiger partial charge in [0.05, 0.1) is 18.4 Å². The summed E-state index contributed by atoms with van der Waals surface area (Å²) < 4.78 is 12.3. The summed E-state index contributed by atoms with van der Waals surface area (Å²) in [5, 5.41) is 16.5. The highest BCUT2D eigenvalue weighted by molar-refractivity contribution is 7.98. The highest BCUT2D eigenvalue weighted by Gasteiger charge is 2.20. The van der Waals surface area contributed by atoms with Crippen molar-refractivity contribution in [3.05, 3.63) is 30.2 Å². The van der Waals surface area contributed by atoms with Crippen molar-refractivity contribution in [2.45, 2.75) is 37.2 Å². The molecule has 3 aromatic rings. The van der Waals surface area contributed by atoms with Crippen LogP contribution in [0.4, 0.5) is 0 Å². The molecule has 0 N–H and O–H groups in total. The zero-order chi connectivity index (χ0) is 17.2. The largest absolute Gasteiger partial charge is 0.497 e. The monoisotopic (exact) mass is 346 g/mol. The average molecular weight is 346 g/mol. The maximum atomic E-state index is 5.32. The van der Waals surface area contributed by atoms with Crippen molar-refractivity contribution in [1.29, 1.82) is 0 Å². The van der Waals surface area contributed by atoms with Crippen molar-refractivity contribution in [1.82, 2.24) is 30.3 Å². The van der Waals surface area contributed by atoms with Crippen LogP contribution in [-0.4, -0.2) is 37.5 Å². The van der Waals surface area contributed by atoms with Crippen LogP contribution in [0.15, 0.2) is 33.9 Å². The number of ether oxygens (including phenoxy) is 1. The molecule has 0 aliphatic heterocycles. The molecule has 0 saturated heterocycles. The second kappa shape index (κ2) is 6.60. The molecule has 24 heavy (non-hydrogen) atoms. The van der Waals surface area contributed by atoms with E-state index in [0.717, 1.165) is 11.3 Å². The summed E-state index contributed by atoms with van der Waals surface area (Å²) in [5.74, 6) is 2.28. The lowest BCUT2D eigenvalue weighted by Crippen LogP contribution is -2.24. The predicted octanol–water partition coefficient (Wildman–Crippen LogP) is 2.78. The summed E-state index contributed by atoms with van der Waals surface area (Å²) in [7, 11) is 1.62. The van der Waals surface area contributed by atoms with E-state index in [1.165, 1.54) is 11.8 Å². The van der Waals surface area contributed by atoms with Crippen LogP contribution in [0.5, 0.6) is 5.75 Å². The summed E-state index contributed by atoms with van der Waals surface area (Å²) in [6.45, 7) is 6.13. The van der Waals surface area contributed by atoms with Crippen molar-refractivity contribution < 1.29 is 9.26 Å². The highest BCUT2D eigenvalue weighted by Crippen LogP contribution is 2.26. The summed E-state index contributed by atoms with van der Waals surface area (Å²) >= 11 is 1.46. The number of nitrogens with zero attached hydrogens (tertiary/aromatic N) is 6. The van der Waals surface area contributed by atoms with Crippen molar-refractivity contribution >= 4 is 11.8 Å². The van der Waals surface area contributed by atoms with Gasteiger partial charge in [0.1, 0.15) is 5.75 Å². The third kappa shape index (κ3) is 3.56. The highest BCUT2D eigenvalue weighted by atomic mass is 32.2. The molecule has 0 saturated carbocycles. The van der Waals surface area contributed by atoms with Crippen LogP contribution in [-0.2, 0) is 11.3 Å². The maximum Gasteiger partial charge on any atom is 0.237 e. The molecule has 0 bridgehead atoms. The van der Waals surface area contributed by atoms with Gasteiger partial charge in [-0.2, -0.15) is 4.98 Å². The molecule has 8 nitrogen and oxygen atoms in total. The third-order valence-electron chi connectivity index (χ3n) is 3.20. The number of aromatic nitrogens is 6. The zero-order valence-electron chi connectivity index (χ0n) is 13.9. The first kappa shape index (κ1) is 16.4. The predicted molar refractivity (Wildman–Crippen MR) is 88.7 cm³/mol. The number of thioether (sulfide) groups is 1. The normalized spacial score (nSPS) is 11.7. The Bertz CT molecular complexity index is 823. The van der Waals surface area contributed by atoms with Crippen molar-refractivity contribution in [3.8, 4) is 17.1 Å². The molecular weight excluding hydrogens is 328 g/mol. The van der Waals surface area contributed by atoms with Gasteiger partial charge in [0.15, 0.2) is 0 Å². The summed E-state index contributed by atoms with van der Waals surface area (Å²) in [5.41, 5.74) is 0.653. The molecule has 0 aliphatic rings. The molecule has 0 atom stereocenters. The smallest absolute Gasteiger partial charge is 0.237 e. The number of rotatable bonds is 5. The Labute approximate surface area is 143 Å². The number of benzene rings is 1. The molecule has 0 aliphatic carbocycles. The molecule has 2 aromatic heterocycles. The van der Waals surface area contributed by atoms with Gasteiger partial charge in [-0.05, 0) is 43.3 Å². The number of tetrazole rings is 1. The van der Waals surface area contributed by atoms with E-state index in [4.69, 9.17) is 9.26 Å². The number of hydrogen-bond donors (Lipinski definition) is 0. The Morgan fingerprint density at radius 2 is 2.12 bits per heavy atom. The SMILES string of the molecule is COc1cccc(-c2noc(CSc3nnnn3C(C)(C)C)n2)c1. The molecule has 3 rings (SSSR count). The topological polar surface area (TPSA) is 91.8 Å². The van der Waals surface area contributed by atoms with Crippen molar-refractivity contribution in [3.63, 3.8) is 0 Å². The van der Waals surface area contributed by atoms with Crippen molar-refractivity contribution in [2.24, 2.45) is 0 Å². The Morgan fingerprint density at radius 3 is 2.88 bits per heavy atom. The van der Waals surface area contributed by atoms with E-state index in [1.54, 1.807) is 11.8 Å². The van der Waals surface area contributed by atoms with Crippen LogP contribution in [0.2, 0.25) is 0 Å². The zero-order valence-corrected chi connectivity index (χ0v) is 14.7. The van der Waals surface area contributed by atoms with E-state index >= 15 is 0 Å². The molecule has 1 aromatic carbocycles. The fourth-order valence-corrected chi connectivity index (χ4v) is 2.91. The molecule has 0 radical (unpaired) electrons. The van der Waals surface area contributed by atoms with Crippen LogP contribution in [0.1, 0.15) is 26.7 Å². The third-order valence-corrected chi connectivity index (χ3v) is 4.10. The first-order valence-electron chi connectivity index (χ1n) is 7.36. The summed E-state index contributed by atoms with van der Waals surface area (Å²) in [4.78, 5) is 4.42. The standard InChI is InChI=1S/C15H18N6O2S/c1-15(2,3)21-14(17-19-20-21)24-9-12-16-13(18-23-12)10-6-5-7-11(8-10)22-4/h5-8H,9H2,1-4H3. The van der Waals surface area contributed by atoms with Crippen molar-refractivity contribution in [2.75, 3.05) is 7.11 Å². The van der Waals surface area contributed by atoms with Gasteiger partial charge in [0.2, 0.25) is 16.9 Å². The summed E-state index contributed by atoms with van der Waals surface area (Å²) in [6, 6.07) is 7.52. The molecule has 0 amide bonds. The van der Waals surface area contributed by atoms with Gasteiger partial charge in [0.25, 0.3) is 0 Å². The summed E-state index contributed by atoms with van der Waals surface area (Å²) in [6.07, 6.45) is 0. The van der Waals surface area contributed by atoms with E-state index in [9.17, 15) is 0 Å². The van der Waals surface area contributed by atoms with E-state index in [2.05, 4.69) is 25.7 Å². The Hall–Kier alpha value is -2.42. The lowest BCUT2D eigenvalue weighted by molar-refractivity contribution is 0.321. The second-order valence-corrected chi connectivity index (χ2v) is 7.02. The molecule has 126 valence electrons. The molecular formula is C15H18N6O2S. The van der Waals surface area contributed by atoms with Gasteiger partial charge in [-0.3, -0.25) is 0 Å². The average Bonchev–Trinajstić information content (AvgIpc) is 3.21. The Kier molecular flexibility index (Phi) is 4.52. The molecule has 0 spiro atoms. The second-order valence-electron chi connectivity index (χ2n) is 6.08. The van der Waals surface area contributed by atoms with E-state index in [1.807, 2.05) is 45.0 Å². The number of hydrogen-bond acceptors (Lipinski definition) is 8. The molecule has 0 unspecified atom stereocenters. The van der Waals surface area contributed by atoms with E-state index in [0.29, 0.717) is 22.6 Å². The quantitative estimate of drug-likeness (QED) is 0.651. The van der Waals surface area contributed by atoms with Gasteiger partial charge in [-0.15, -0.1) is 5.10 Å². The molecule has 2 heterocycles. The van der Waals surface area contributed by atoms with Crippen LogP contribution in [0, 0.1) is 0 Å². The lowest BCUT2D eigenvalue weighted by atomic mass is 10.1. The minimum Gasteiger partial charge on any atom is -0.497 e. The van der Waals surface area contributed by atoms with Gasteiger partial charge in [-0.1, -0.05) is 29.1 Å². The van der Waals surface area contributed by atoms with Crippen LogP contribution in [0.25, 0.3) is 11.4 Å². The van der Waals surface area contributed by atoms with Crippen LogP contribution in [0.3, 0.4) is 0 Å². The lowest BCUT2D eigenvalue weighted by Gasteiger charge is -2.19. The van der Waals surface area contributed by atoms with E-state index in [-0.39, 0.29) is 5.54 Å². The minimum atomic E-state index is -0.188. The fourth-order valence-electron chi connectivity index (χ4n) is 2.01. The van der Waals surface area contributed by atoms with Gasteiger partial charge in [-0.25, -0.2) is 4.68 Å². The Morgan fingerprint density at radius 1 is 1.29 bits per heavy atom. The van der Waals surface area contributed by atoms with Crippen LogP contribution >= 0.6 is 11.8 Å². The van der Waals surface area contributed by atoms with E-state index < -0.39 is 0 Å². The Balaban J connectivity index is 1.72. The molecule has 0 fully saturated rings. The first-order chi connectivity index (χ1) is 11.5. The first-order valence-corrected chi connectivity index (χ1v) is 8.34. The van der Waals surface area contributed by atoms with Crippen LogP contribution < -0.4 is 4.74 Å². The van der Waals surface area contributed by atoms with Gasteiger partial charge < -0.3 is 9.26 Å². The minimum absolute atomic E-state index is 0.188. The fraction of sp³-hybridized carbons (Fsp3) is 0.400. The number of methoxy groups -OCH3 is 1. The van der Waals surface area contributed by atoms with Gasteiger partial charge >= 0.3 is 0 Å². The van der Waals surface area contributed by atoms with Gasteiger partial charge in [0, 0.05) is 5.56 Å².